The van der Waals surface area contributed by atoms with Crippen LogP contribution in [0.4, 0.5) is 0 Å². The third-order valence-electron chi connectivity index (χ3n) is 2.22. The van der Waals surface area contributed by atoms with Crippen LogP contribution < -0.4 is 5.32 Å². The topological polar surface area (TPSA) is 64.6 Å². The third-order valence-corrected chi connectivity index (χ3v) is 2.22. The van der Waals surface area contributed by atoms with Crippen molar-refractivity contribution >= 4 is 24.3 Å². The maximum Gasteiger partial charge on any atom is 0.337 e. The third kappa shape index (κ3) is 1.99. The van der Waals surface area contributed by atoms with Gasteiger partial charge in [0.1, 0.15) is 0 Å². The van der Waals surface area contributed by atoms with Crippen molar-refractivity contribution in [3.05, 3.63) is 0 Å². The highest BCUT2D eigenvalue weighted by Crippen LogP contribution is 2.22. The average Bonchev–Trinajstić information content (AvgIpc) is 2.65. The molecule has 0 atom stereocenters. The van der Waals surface area contributed by atoms with Gasteiger partial charge in [0.15, 0.2) is 0 Å². The van der Waals surface area contributed by atoms with Crippen LogP contribution in [-0.2, 0) is 19.1 Å². The van der Waals surface area contributed by atoms with Gasteiger partial charge in [-0.1, -0.05) is 0 Å². The van der Waals surface area contributed by atoms with Gasteiger partial charge in [-0.25, -0.2) is 9.59 Å². The summed E-state index contributed by atoms with van der Waals surface area (Å²) in [7, 11) is 2.51. The van der Waals surface area contributed by atoms with Crippen molar-refractivity contribution < 1.29 is 19.1 Å². The minimum atomic E-state index is -1.26. The SMILES string of the molecule is COC(=O)C1(C(=O)OC)CCCN1.Cl. The number of nitrogens with one attached hydrogen (secondary N) is 1. The molecule has 0 bridgehead atoms. The van der Waals surface area contributed by atoms with Gasteiger partial charge in [0.25, 0.3) is 0 Å². The summed E-state index contributed by atoms with van der Waals surface area (Å²) in [5.74, 6) is -1.14. The van der Waals surface area contributed by atoms with Gasteiger partial charge in [0, 0.05) is 0 Å². The summed E-state index contributed by atoms with van der Waals surface area (Å²) in [4.78, 5) is 22.7. The fraction of sp³-hybridized carbons (Fsp3) is 0.750. The molecule has 1 rings (SSSR count). The van der Waals surface area contributed by atoms with E-state index in [1.807, 2.05) is 0 Å². The lowest BCUT2D eigenvalue weighted by Gasteiger charge is -2.22. The van der Waals surface area contributed by atoms with Crippen LogP contribution >= 0.6 is 12.4 Å². The molecule has 82 valence electrons. The number of carbonyl (C=O) groups is 2. The van der Waals surface area contributed by atoms with Gasteiger partial charge in [-0.15, -0.1) is 12.4 Å². The molecule has 0 radical (unpaired) electrons. The second-order valence-electron chi connectivity index (χ2n) is 2.92. The number of ether oxygens (including phenoxy) is 2. The number of methoxy groups -OCH3 is 2. The molecule has 1 heterocycles. The van der Waals surface area contributed by atoms with E-state index in [0.29, 0.717) is 13.0 Å². The maximum absolute atomic E-state index is 11.4. The molecule has 0 aromatic rings. The standard InChI is InChI=1S/C8H13NO4.ClH/c1-12-6(10)8(7(11)13-2)4-3-5-9-8;/h9H,3-5H2,1-2H3;1H. The molecule has 6 heteroatoms. The van der Waals surface area contributed by atoms with Gasteiger partial charge in [0.2, 0.25) is 5.54 Å². The van der Waals surface area contributed by atoms with Crippen LogP contribution in [0.3, 0.4) is 0 Å². The van der Waals surface area contributed by atoms with Crippen LogP contribution in [-0.4, -0.2) is 38.2 Å². The van der Waals surface area contributed by atoms with Gasteiger partial charge in [-0.05, 0) is 19.4 Å². The van der Waals surface area contributed by atoms with Gasteiger partial charge in [-0.2, -0.15) is 0 Å². The normalized spacial score (nSPS) is 18.1. The highest BCUT2D eigenvalue weighted by molar-refractivity contribution is 6.05. The van der Waals surface area contributed by atoms with E-state index in [9.17, 15) is 9.59 Å². The molecule has 0 unspecified atom stereocenters. The molecule has 0 saturated carbocycles. The predicted molar refractivity (Wildman–Crippen MR) is 51.2 cm³/mol. The van der Waals surface area contributed by atoms with Crippen molar-refractivity contribution in [3.63, 3.8) is 0 Å². The van der Waals surface area contributed by atoms with Crippen molar-refractivity contribution in [3.8, 4) is 0 Å². The van der Waals surface area contributed by atoms with Crippen LogP contribution in [0.2, 0.25) is 0 Å². The molecule has 0 spiro atoms. The second-order valence-corrected chi connectivity index (χ2v) is 2.92. The molecule has 1 aliphatic rings. The van der Waals surface area contributed by atoms with Crippen molar-refractivity contribution in [1.29, 1.82) is 0 Å². The lowest BCUT2D eigenvalue weighted by Crippen LogP contribution is -2.55. The Balaban J connectivity index is 0.00000169. The highest BCUT2D eigenvalue weighted by Gasteiger charge is 2.50. The van der Waals surface area contributed by atoms with Gasteiger partial charge in [0.05, 0.1) is 14.2 Å². The van der Waals surface area contributed by atoms with E-state index in [-0.39, 0.29) is 12.4 Å². The van der Waals surface area contributed by atoms with E-state index < -0.39 is 17.5 Å². The summed E-state index contributed by atoms with van der Waals surface area (Å²) < 4.78 is 9.12. The smallest absolute Gasteiger partial charge is 0.337 e. The molecule has 0 amide bonds. The summed E-state index contributed by atoms with van der Waals surface area (Å²) in [5, 5.41) is 2.82. The van der Waals surface area contributed by atoms with E-state index in [1.165, 1.54) is 14.2 Å². The fourth-order valence-corrected chi connectivity index (χ4v) is 1.52. The van der Waals surface area contributed by atoms with Crippen LogP contribution in [0, 0.1) is 0 Å². The molecule has 5 nitrogen and oxygen atoms in total. The van der Waals surface area contributed by atoms with Crippen LogP contribution in [0.25, 0.3) is 0 Å². The minimum Gasteiger partial charge on any atom is -0.467 e. The van der Waals surface area contributed by atoms with Gasteiger partial charge in [-0.3, -0.25) is 5.32 Å². The van der Waals surface area contributed by atoms with E-state index in [0.717, 1.165) is 6.42 Å². The Morgan fingerprint density at radius 1 is 1.21 bits per heavy atom. The molecule has 1 fully saturated rings. The number of carbonyl (C=O) groups excluding carboxylic acids is 2. The number of hydrogen-bond donors (Lipinski definition) is 1. The predicted octanol–water partition coefficient (Wildman–Crippen LogP) is -0.124. The first-order chi connectivity index (χ1) is 6.17. The summed E-state index contributed by atoms with van der Waals surface area (Å²) in [6.07, 6.45) is 1.20. The minimum absolute atomic E-state index is 0. The van der Waals surface area contributed by atoms with Crippen molar-refractivity contribution in [2.75, 3.05) is 20.8 Å². The summed E-state index contributed by atoms with van der Waals surface area (Å²) in [6.45, 7) is 0.629. The Morgan fingerprint density at radius 2 is 1.71 bits per heavy atom. The summed E-state index contributed by atoms with van der Waals surface area (Å²) >= 11 is 0. The summed E-state index contributed by atoms with van der Waals surface area (Å²) in [6, 6.07) is 0. The number of rotatable bonds is 2. The Labute approximate surface area is 88.5 Å². The summed E-state index contributed by atoms with van der Waals surface area (Å²) in [5.41, 5.74) is -1.26. The molecule has 1 aliphatic heterocycles. The Morgan fingerprint density at radius 3 is 2.00 bits per heavy atom. The van der Waals surface area contributed by atoms with Crippen LogP contribution in [0.1, 0.15) is 12.8 Å². The molecule has 0 aromatic heterocycles. The lowest BCUT2D eigenvalue weighted by atomic mass is 9.98. The first-order valence-electron chi connectivity index (χ1n) is 4.09. The molecule has 1 N–H and O–H groups in total. The zero-order chi connectivity index (χ0) is 9.90. The average molecular weight is 224 g/mol. The monoisotopic (exact) mass is 223 g/mol. The van der Waals surface area contributed by atoms with Gasteiger partial charge >= 0.3 is 11.9 Å². The van der Waals surface area contributed by atoms with E-state index in [4.69, 9.17) is 0 Å². The van der Waals surface area contributed by atoms with Crippen LogP contribution in [0.5, 0.6) is 0 Å². The quantitative estimate of drug-likeness (QED) is 0.522. The van der Waals surface area contributed by atoms with Crippen molar-refractivity contribution in [1.82, 2.24) is 5.32 Å². The molecule has 0 aliphatic carbocycles. The largest absolute Gasteiger partial charge is 0.467 e. The molecular formula is C8H14ClNO4. The first-order valence-corrected chi connectivity index (χ1v) is 4.09. The van der Waals surface area contributed by atoms with Gasteiger partial charge < -0.3 is 9.47 Å². The molecule has 1 saturated heterocycles. The van der Waals surface area contributed by atoms with E-state index >= 15 is 0 Å². The number of halogens is 1. The van der Waals surface area contributed by atoms with Crippen molar-refractivity contribution in [2.24, 2.45) is 0 Å². The first kappa shape index (κ1) is 13.2. The Hall–Kier alpha value is -0.810. The zero-order valence-electron chi connectivity index (χ0n) is 8.16. The molecule has 14 heavy (non-hydrogen) atoms. The Kier molecular flexibility index (Phi) is 4.87. The van der Waals surface area contributed by atoms with Crippen molar-refractivity contribution in [2.45, 2.75) is 18.4 Å². The number of esters is 2. The van der Waals surface area contributed by atoms with Crippen LogP contribution in [0.15, 0.2) is 0 Å². The highest BCUT2D eigenvalue weighted by atomic mass is 35.5. The molecule has 0 aromatic carbocycles. The lowest BCUT2D eigenvalue weighted by molar-refractivity contribution is -0.162. The number of hydrogen-bond acceptors (Lipinski definition) is 5. The fourth-order valence-electron chi connectivity index (χ4n) is 1.52. The Bertz CT molecular complexity index is 207. The second kappa shape index (κ2) is 5.17. The zero-order valence-corrected chi connectivity index (χ0v) is 8.98. The maximum atomic E-state index is 11.4. The van der Waals surface area contributed by atoms with E-state index in [1.54, 1.807) is 0 Å². The molecular weight excluding hydrogens is 210 g/mol. The van der Waals surface area contributed by atoms with E-state index in [2.05, 4.69) is 14.8 Å².